The molecule has 4 amide bonds. The molecule has 4 aromatic carbocycles. The minimum absolute atomic E-state index is 0.210. The van der Waals surface area contributed by atoms with E-state index in [1.54, 1.807) is 78.9 Å². The van der Waals surface area contributed by atoms with Crippen LogP contribution in [0.2, 0.25) is 0 Å². The zero-order valence-corrected chi connectivity index (χ0v) is 18.4. The highest BCUT2D eigenvalue weighted by molar-refractivity contribution is 6.34. The average Bonchev–Trinajstić information content (AvgIpc) is 3.14. The van der Waals surface area contributed by atoms with Crippen molar-refractivity contribution in [1.82, 2.24) is 0 Å². The van der Waals surface area contributed by atoms with Crippen molar-refractivity contribution in [3.05, 3.63) is 125 Å². The molecule has 5 rings (SSSR count). The minimum atomic E-state index is -0.484. The fourth-order valence-corrected chi connectivity index (χ4v) is 3.83. The van der Waals surface area contributed by atoms with Gasteiger partial charge in [0.1, 0.15) is 0 Å². The van der Waals surface area contributed by atoms with E-state index in [0.29, 0.717) is 28.2 Å². The second-order valence-corrected chi connectivity index (χ2v) is 7.89. The quantitative estimate of drug-likeness (QED) is 0.409. The van der Waals surface area contributed by atoms with E-state index >= 15 is 0 Å². The van der Waals surface area contributed by atoms with E-state index in [1.165, 1.54) is 12.1 Å². The molecule has 1 heterocycles. The van der Waals surface area contributed by atoms with Gasteiger partial charge in [0.15, 0.2) is 0 Å². The van der Waals surface area contributed by atoms with Crippen LogP contribution in [0.3, 0.4) is 0 Å². The Balaban J connectivity index is 1.32. The van der Waals surface area contributed by atoms with Crippen LogP contribution in [0.25, 0.3) is 0 Å². The Kier molecular flexibility index (Phi) is 5.65. The number of carbonyl (C=O) groups excluding carboxylic acids is 4. The number of benzene rings is 4. The molecule has 0 aromatic heterocycles. The smallest absolute Gasteiger partial charge is 0.266 e. The highest BCUT2D eigenvalue weighted by Crippen LogP contribution is 2.31. The predicted molar refractivity (Wildman–Crippen MR) is 133 cm³/mol. The van der Waals surface area contributed by atoms with E-state index < -0.39 is 11.8 Å². The fourth-order valence-electron chi connectivity index (χ4n) is 3.83. The normalized spacial score (nSPS) is 12.3. The fraction of sp³-hybridized carbons (Fsp3) is 0. The van der Waals surface area contributed by atoms with E-state index in [9.17, 15) is 19.2 Å². The number of hydrogen-bond acceptors (Lipinski definition) is 4. The van der Waals surface area contributed by atoms with Gasteiger partial charge < -0.3 is 10.6 Å². The summed E-state index contributed by atoms with van der Waals surface area (Å²) in [5.74, 6) is -1.51. The van der Waals surface area contributed by atoms with Gasteiger partial charge in [0.2, 0.25) is 0 Å². The van der Waals surface area contributed by atoms with Gasteiger partial charge >= 0.3 is 0 Å². The van der Waals surface area contributed by atoms with Crippen molar-refractivity contribution in [2.24, 2.45) is 0 Å². The van der Waals surface area contributed by atoms with Crippen molar-refractivity contribution in [3.63, 3.8) is 0 Å². The molecule has 0 atom stereocenters. The number of nitrogens with zero attached hydrogens (tertiary/aromatic N) is 1. The summed E-state index contributed by atoms with van der Waals surface area (Å²) < 4.78 is 0. The molecule has 0 radical (unpaired) electrons. The van der Waals surface area contributed by atoms with E-state index in [0.717, 1.165) is 4.90 Å². The van der Waals surface area contributed by atoms with Crippen LogP contribution in [-0.2, 0) is 0 Å². The minimum Gasteiger partial charge on any atom is -0.322 e. The number of anilines is 3. The maximum atomic E-state index is 13.1. The standard InChI is InChI=1S/C28H19N3O4/c32-25(18-7-3-1-4-8-18)29-20-11-14-22(15-12-20)31-27(34)23-16-13-21(17-24(23)28(31)35)30-26(33)19-9-5-2-6-10-19/h1-17H,(H,29,32)(H,30,33). The summed E-state index contributed by atoms with van der Waals surface area (Å²) in [5, 5.41) is 5.54. The lowest BCUT2D eigenvalue weighted by atomic mass is 10.1. The van der Waals surface area contributed by atoms with Crippen LogP contribution in [-0.4, -0.2) is 23.6 Å². The van der Waals surface area contributed by atoms with Crippen LogP contribution in [0.15, 0.2) is 103 Å². The number of amides is 4. The molecule has 0 saturated carbocycles. The number of rotatable bonds is 5. The molecule has 0 aliphatic carbocycles. The highest BCUT2D eigenvalue weighted by Gasteiger charge is 2.36. The number of hydrogen-bond donors (Lipinski definition) is 2. The molecule has 170 valence electrons. The Bertz CT molecular complexity index is 1450. The summed E-state index contributed by atoms with van der Waals surface area (Å²) >= 11 is 0. The van der Waals surface area contributed by atoms with Gasteiger partial charge in [-0.15, -0.1) is 0 Å². The van der Waals surface area contributed by atoms with E-state index in [1.807, 2.05) is 12.1 Å². The Morgan fingerprint density at radius 2 is 1.03 bits per heavy atom. The molecule has 0 spiro atoms. The first-order valence-electron chi connectivity index (χ1n) is 10.9. The SMILES string of the molecule is O=C(Nc1ccc(N2C(=O)c3ccc(NC(=O)c4ccccc4)cc3C2=O)cc1)c1ccccc1. The molecule has 0 fully saturated rings. The molecule has 2 N–H and O–H groups in total. The van der Waals surface area contributed by atoms with Crippen molar-refractivity contribution < 1.29 is 19.2 Å². The first-order chi connectivity index (χ1) is 17.0. The Hall–Kier alpha value is -5.04. The first kappa shape index (κ1) is 21.8. The van der Waals surface area contributed by atoms with Crippen LogP contribution >= 0.6 is 0 Å². The summed E-state index contributed by atoms with van der Waals surface area (Å²) in [6.07, 6.45) is 0. The summed E-state index contributed by atoms with van der Waals surface area (Å²) in [5.41, 5.74) is 2.80. The lowest BCUT2D eigenvalue weighted by Gasteiger charge is -2.14. The van der Waals surface area contributed by atoms with Crippen molar-refractivity contribution in [2.75, 3.05) is 15.5 Å². The lowest BCUT2D eigenvalue weighted by molar-refractivity contribution is 0.0923. The third kappa shape index (κ3) is 4.30. The van der Waals surface area contributed by atoms with Crippen LogP contribution in [0.5, 0.6) is 0 Å². The highest BCUT2D eigenvalue weighted by atomic mass is 16.2. The maximum absolute atomic E-state index is 13.1. The largest absolute Gasteiger partial charge is 0.322 e. The number of fused-ring (bicyclic) bond motifs is 1. The van der Waals surface area contributed by atoms with Crippen molar-refractivity contribution in [1.29, 1.82) is 0 Å². The van der Waals surface area contributed by atoms with Gasteiger partial charge in [0.25, 0.3) is 23.6 Å². The Labute approximate surface area is 201 Å². The molecule has 1 aliphatic rings. The molecule has 0 saturated heterocycles. The molecule has 7 heteroatoms. The first-order valence-corrected chi connectivity index (χ1v) is 10.9. The second kappa shape index (κ2) is 9.07. The van der Waals surface area contributed by atoms with Gasteiger partial charge in [0.05, 0.1) is 16.8 Å². The number of carbonyl (C=O) groups is 4. The number of imide groups is 1. The van der Waals surface area contributed by atoms with E-state index in [2.05, 4.69) is 10.6 Å². The molecule has 1 aliphatic heterocycles. The van der Waals surface area contributed by atoms with Crippen LogP contribution in [0, 0.1) is 0 Å². The summed E-state index contributed by atoms with van der Waals surface area (Å²) in [7, 11) is 0. The zero-order chi connectivity index (χ0) is 24.4. The van der Waals surface area contributed by atoms with Gasteiger partial charge in [-0.05, 0) is 66.7 Å². The van der Waals surface area contributed by atoms with Gasteiger partial charge in [-0.2, -0.15) is 0 Å². The Morgan fingerprint density at radius 1 is 0.543 bits per heavy atom. The van der Waals surface area contributed by atoms with Gasteiger partial charge in [0, 0.05) is 22.5 Å². The average molecular weight is 461 g/mol. The van der Waals surface area contributed by atoms with Crippen molar-refractivity contribution in [2.45, 2.75) is 0 Å². The summed E-state index contributed by atoms with van der Waals surface area (Å²) in [4.78, 5) is 51.9. The molecule has 7 nitrogen and oxygen atoms in total. The van der Waals surface area contributed by atoms with Crippen LogP contribution in [0.4, 0.5) is 17.1 Å². The Morgan fingerprint density at radius 3 is 1.60 bits per heavy atom. The van der Waals surface area contributed by atoms with E-state index in [-0.39, 0.29) is 22.9 Å². The molecule has 0 unspecified atom stereocenters. The zero-order valence-electron chi connectivity index (χ0n) is 18.4. The topological polar surface area (TPSA) is 95.6 Å². The maximum Gasteiger partial charge on any atom is 0.266 e. The molecule has 4 aromatic rings. The van der Waals surface area contributed by atoms with Gasteiger partial charge in [-0.25, -0.2) is 4.90 Å². The van der Waals surface area contributed by atoms with E-state index in [4.69, 9.17) is 0 Å². The van der Waals surface area contributed by atoms with Gasteiger partial charge in [-0.3, -0.25) is 19.2 Å². The predicted octanol–water partition coefficient (Wildman–Crippen LogP) is 4.99. The van der Waals surface area contributed by atoms with Gasteiger partial charge in [-0.1, -0.05) is 36.4 Å². The lowest BCUT2D eigenvalue weighted by Crippen LogP contribution is -2.29. The molecular weight excluding hydrogens is 442 g/mol. The molecular formula is C28H19N3O4. The molecule has 0 bridgehead atoms. The summed E-state index contributed by atoms with van der Waals surface area (Å²) in [6, 6.07) is 28.6. The number of nitrogens with one attached hydrogen (secondary N) is 2. The van der Waals surface area contributed by atoms with Crippen LogP contribution < -0.4 is 15.5 Å². The van der Waals surface area contributed by atoms with Crippen molar-refractivity contribution in [3.8, 4) is 0 Å². The molecule has 35 heavy (non-hydrogen) atoms. The third-order valence-corrected chi connectivity index (χ3v) is 5.60. The monoisotopic (exact) mass is 461 g/mol. The third-order valence-electron chi connectivity index (χ3n) is 5.60. The van der Waals surface area contributed by atoms with Crippen LogP contribution in [0.1, 0.15) is 41.4 Å². The second-order valence-electron chi connectivity index (χ2n) is 7.89. The van der Waals surface area contributed by atoms with Crippen molar-refractivity contribution >= 4 is 40.7 Å². The summed E-state index contributed by atoms with van der Waals surface area (Å²) in [6.45, 7) is 0.